The lowest BCUT2D eigenvalue weighted by molar-refractivity contribution is -0.140. The average molecular weight is 405 g/mol. The molecule has 0 aromatic heterocycles. The maximum absolute atomic E-state index is 12.2. The lowest BCUT2D eigenvalue weighted by Gasteiger charge is -2.19. The topological polar surface area (TPSA) is 83.5 Å². The normalized spacial score (nSPS) is 13.5. The van der Waals surface area contributed by atoms with E-state index < -0.39 is 28.0 Å². The predicted molar refractivity (Wildman–Crippen MR) is 80.7 cm³/mol. The Kier molecular flexibility index (Phi) is 5.86. The molecular formula is C11H12BrCl2NO4S. The van der Waals surface area contributed by atoms with E-state index in [1.807, 2.05) is 0 Å². The van der Waals surface area contributed by atoms with Crippen LogP contribution in [0.5, 0.6) is 0 Å². The number of hydrogen-bond acceptors (Lipinski definition) is 3. The van der Waals surface area contributed by atoms with Crippen LogP contribution in [0.3, 0.4) is 0 Å². The van der Waals surface area contributed by atoms with Gasteiger partial charge in [-0.15, -0.1) is 0 Å². The van der Waals surface area contributed by atoms with E-state index in [2.05, 4.69) is 20.7 Å². The van der Waals surface area contributed by atoms with E-state index in [0.29, 0.717) is 4.47 Å². The molecule has 2 N–H and O–H groups in total. The summed E-state index contributed by atoms with van der Waals surface area (Å²) in [6.07, 6.45) is 0. The molecule has 0 aliphatic heterocycles. The first kappa shape index (κ1) is 17.7. The molecule has 5 nitrogen and oxygen atoms in total. The standard InChI is InChI=1S/C11H12BrCl2NO4S/c1-5(2)9(11(16)17)15-20(18,19)10-7(13)3-6(12)4-8(10)14/h3-5,9,15H,1-2H3,(H,16,17)/t9-/m0/s1. The van der Waals surface area contributed by atoms with Gasteiger partial charge in [-0.05, 0) is 18.1 Å². The fourth-order valence-corrected chi connectivity index (χ4v) is 4.76. The Morgan fingerprint density at radius 2 is 1.75 bits per heavy atom. The van der Waals surface area contributed by atoms with Crippen molar-refractivity contribution in [3.63, 3.8) is 0 Å². The number of hydrogen-bond donors (Lipinski definition) is 2. The van der Waals surface area contributed by atoms with Crippen LogP contribution in [0.25, 0.3) is 0 Å². The second-order valence-electron chi connectivity index (χ2n) is 4.38. The van der Waals surface area contributed by atoms with Crippen LogP contribution in [-0.4, -0.2) is 25.5 Å². The maximum atomic E-state index is 12.2. The van der Waals surface area contributed by atoms with Crippen molar-refractivity contribution in [2.24, 2.45) is 5.92 Å². The summed E-state index contributed by atoms with van der Waals surface area (Å²) in [7, 11) is -4.14. The van der Waals surface area contributed by atoms with Gasteiger partial charge in [0.2, 0.25) is 10.0 Å². The monoisotopic (exact) mass is 403 g/mol. The molecule has 0 radical (unpaired) electrons. The summed E-state index contributed by atoms with van der Waals surface area (Å²) in [4.78, 5) is 10.7. The molecule has 0 heterocycles. The van der Waals surface area contributed by atoms with Crippen molar-refractivity contribution in [3.8, 4) is 0 Å². The van der Waals surface area contributed by atoms with Gasteiger partial charge >= 0.3 is 5.97 Å². The molecule has 112 valence electrons. The molecule has 0 spiro atoms. The van der Waals surface area contributed by atoms with Gasteiger partial charge in [0.1, 0.15) is 10.9 Å². The van der Waals surface area contributed by atoms with Gasteiger partial charge in [-0.2, -0.15) is 4.72 Å². The molecule has 0 amide bonds. The molecule has 0 saturated carbocycles. The molecule has 0 bridgehead atoms. The van der Waals surface area contributed by atoms with Gasteiger partial charge in [0.05, 0.1) is 10.0 Å². The first-order valence-corrected chi connectivity index (χ1v) is 8.49. The Morgan fingerprint density at radius 1 is 1.30 bits per heavy atom. The largest absolute Gasteiger partial charge is 0.480 e. The van der Waals surface area contributed by atoms with Crippen molar-refractivity contribution in [1.82, 2.24) is 4.72 Å². The van der Waals surface area contributed by atoms with Crippen LogP contribution >= 0.6 is 39.1 Å². The van der Waals surface area contributed by atoms with Crippen molar-refractivity contribution in [2.45, 2.75) is 24.8 Å². The molecule has 1 aromatic rings. The lowest BCUT2D eigenvalue weighted by atomic mass is 10.1. The first-order valence-electron chi connectivity index (χ1n) is 5.46. The lowest BCUT2D eigenvalue weighted by Crippen LogP contribution is -2.44. The minimum Gasteiger partial charge on any atom is -0.480 e. The number of carboxylic acid groups (broad SMARTS) is 1. The Bertz CT molecular complexity index is 610. The number of sulfonamides is 1. The molecule has 9 heteroatoms. The van der Waals surface area contributed by atoms with E-state index in [4.69, 9.17) is 28.3 Å². The molecular weight excluding hydrogens is 393 g/mol. The maximum Gasteiger partial charge on any atom is 0.322 e. The number of aliphatic carboxylic acids is 1. The average Bonchev–Trinajstić information content (AvgIpc) is 2.23. The Labute approximate surface area is 135 Å². The van der Waals surface area contributed by atoms with E-state index in [-0.39, 0.29) is 14.9 Å². The highest BCUT2D eigenvalue weighted by molar-refractivity contribution is 9.10. The Morgan fingerprint density at radius 3 is 2.10 bits per heavy atom. The quantitative estimate of drug-likeness (QED) is 0.789. The SMILES string of the molecule is CC(C)[C@H](NS(=O)(=O)c1c(Cl)cc(Br)cc1Cl)C(=O)O. The number of rotatable bonds is 5. The zero-order valence-electron chi connectivity index (χ0n) is 10.5. The minimum atomic E-state index is -4.14. The van der Waals surface area contributed by atoms with Crippen molar-refractivity contribution >= 4 is 55.1 Å². The fraction of sp³-hybridized carbons (Fsp3) is 0.364. The van der Waals surface area contributed by atoms with E-state index in [9.17, 15) is 13.2 Å². The van der Waals surface area contributed by atoms with Crippen molar-refractivity contribution < 1.29 is 18.3 Å². The van der Waals surface area contributed by atoms with Gasteiger partial charge in [0.25, 0.3) is 0 Å². The molecule has 0 aliphatic carbocycles. The third-order valence-electron chi connectivity index (χ3n) is 2.45. The smallest absolute Gasteiger partial charge is 0.322 e. The summed E-state index contributed by atoms with van der Waals surface area (Å²) in [5, 5.41) is 8.85. The second-order valence-corrected chi connectivity index (χ2v) is 7.76. The number of carboxylic acids is 1. The highest BCUT2D eigenvalue weighted by Gasteiger charge is 2.30. The van der Waals surface area contributed by atoms with E-state index in [1.54, 1.807) is 13.8 Å². The molecule has 1 rings (SSSR count). The van der Waals surface area contributed by atoms with Crippen LogP contribution < -0.4 is 4.72 Å². The van der Waals surface area contributed by atoms with Crippen LogP contribution in [0.1, 0.15) is 13.8 Å². The van der Waals surface area contributed by atoms with Gasteiger partial charge < -0.3 is 5.11 Å². The number of benzene rings is 1. The van der Waals surface area contributed by atoms with Crippen molar-refractivity contribution in [3.05, 3.63) is 26.7 Å². The van der Waals surface area contributed by atoms with E-state index in [1.165, 1.54) is 12.1 Å². The van der Waals surface area contributed by atoms with Crippen LogP contribution in [0.4, 0.5) is 0 Å². The summed E-state index contributed by atoms with van der Waals surface area (Å²) in [6, 6.07) is 1.47. The zero-order valence-corrected chi connectivity index (χ0v) is 14.4. The molecule has 20 heavy (non-hydrogen) atoms. The van der Waals surface area contributed by atoms with Crippen LogP contribution in [0, 0.1) is 5.92 Å². The summed E-state index contributed by atoms with van der Waals surface area (Å²) >= 11 is 14.9. The van der Waals surface area contributed by atoms with Gasteiger partial charge in [-0.1, -0.05) is 53.0 Å². The third-order valence-corrected chi connectivity index (χ3v) is 5.27. The van der Waals surface area contributed by atoms with Gasteiger partial charge in [0, 0.05) is 4.47 Å². The summed E-state index contributed by atoms with van der Waals surface area (Å²) in [6.45, 7) is 3.18. The fourth-order valence-electron chi connectivity index (χ4n) is 1.48. The predicted octanol–water partition coefficient (Wildman–Crippen LogP) is 3.14. The van der Waals surface area contributed by atoms with Crippen molar-refractivity contribution in [1.29, 1.82) is 0 Å². The molecule has 0 unspecified atom stereocenters. The molecule has 0 fully saturated rings. The van der Waals surface area contributed by atoms with Gasteiger partial charge in [-0.25, -0.2) is 8.42 Å². The third kappa shape index (κ3) is 4.08. The summed E-state index contributed by atoms with van der Waals surface area (Å²) in [5.74, 6) is -1.71. The van der Waals surface area contributed by atoms with E-state index >= 15 is 0 Å². The first-order chi connectivity index (χ1) is 9.06. The van der Waals surface area contributed by atoms with Crippen molar-refractivity contribution in [2.75, 3.05) is 0 Å². The van der Waals surface area contributed by atoms with Crippen LogP contribution in [0.2, 0.25) is 10.0 Å². The number of nitrogens with one attached hydrogen (secondary N) is 1. The second kappa shape index (κ2) is 6.62. The minimum absolute atomic E-state index is 0.0928. The van der Waals surface area contributed by atoms with Gasteiger partial charge in [0.15, 0.2) is 0 Å². The molecule has 0 aliphatic rings. The Balaban J connectivity index is 3.28. The zero-order chi connectivity index (χ0) is 15.7. The molecule has 1 atom stereocenters. The molecule has 0 saturated heterocycles. The highest BCUT2D eigenvalue weighted by Crippen LogP contribution is 2.33. The highest BCUT2D eigenvalue weighted by atomic mass is 79.9. The Hall–Kier alpha value is -0.340. The summed E-state index contributed by atoms with van der Waals surface area (Å²) < 4.78 is 27.1. The summed E-state index contributed by atoms with van der Waals surface area (Å²) in [5.41, 5.74) is 0. The van der Waals surface area contributed by atoms with E-state index in [0.717, 1.165) is 0 Å². The molecule has 1 aromatic carbocycles. The number of halogens is 3. The van der Waals surface area contributed by atoms with Crippen LogP contribution in [-0.2, 0) is 14.8 Å². The van der Waals surface area contributed by atoms with Crippen LogP contribution in [0.15, 0.2) is 21.5 Å². The van der Waals surface area contributed by atoms with Gasteiger partial charge in [-0.3, -0.25) is 4.79 Å². The number of carbonyl (C=O) groups is 1.